The summed E-state index contributed by atoms with van der Waals surface area (Å²) in [6.07, 6.45) is 7.06. The van der Waals surface area contributed by atoms with Crippen LogP contribution in [0.25, 0.3) is 5.69 Å². The number of carbonyl (C=O) groups excluding carboxylic acids is 2. The number of rotatable bonds is 9. The van der Waals surface area contributed by atoms with Crippen LogP contribution in [0.1, 0.15) is 30.6 Å². The zero-order valence-electron chi connectivity index (χ0n) is 16.7. The molecule has 0 saturated heterocycles. The van der Waals surface area contributed by atoms with E-state index in [-0.39, 0.29) is 23.2 Å². The van der Waals surface area contributed by atoms with Crippen LogP contribution in [0.2, 0.25) is 0 Å². The molecule has 0 spiro atoms. The predicted molar refractivity (Wildman–Crippen MR) is 113 cm³/mol. The van der Waals surface area contributed by atoms with Crippen LogP contribution in [-0.4, -0.2) is 37.4 Å². The Morgan fingerprint density at radius 1 is 1.17 bits per heavy atom. The smallest absolute Gasteiger partial charge is 0.254 e. The van der Waals surface area contributed by atoms with Crippen molar-refractivity contribution < 1.29 is 9.59 Å². The SMILES string of the molecule is CC(C)C[C@@H](Nc1ncc(C(N)=O)c(Nc2ccc(-n3ccnc3)cc2)n1)C(N)=O. The van der Waals surface area contributed by atoms with Crippen LogP contribution < -0.4 is 22.1 Å². The second kappa shape index (κ2) is 9.03. The Kier molecular flexibility index (Phi) is 6.26. The van der Waals surface area contributed by atoms with Crippen molar-refractivity contribution in [2.45, 2.75) is 26.3 Å². The molecular formula is C20H24N8O2. The van der Waals surface area contributed by atoms with E-state index in [1.807, 2.05) is 48.9 Å². The fourth-order valence-electron chi connectivity index (χ4n) is 2.87. The van der Waals surface area contributed by atoms with Gasteiger partial charge in [-0.05, 0) is 36.6 Å². The first-order valence-corrected chi connectivity index (χ1v) is 9.41. The zero-order chi connectivity index (χ0) is 21.7. The number of nitrogens with one attached hydrogen (secondary N) is 2. The molecule has 0 fully saturated rings. The van der Waals surface area contributed by atoms with Crippen molar-refractivity contribution >= 4 is 29.3 Å². The van der Waals surface area contributed by atoms with E-state index in [4.69, 9.17) is 11.5 Å². The highest BCUT2D eigenvalue weighted by Crippen LogP contribution is 2.21. The van der Waals surface area contributed by atoms with Gasteiger partial charge in [-0.2, -0.15) is 4.98 Å². The monoisotopic (exact) mass is 408 g/mol. The summed E-state index contributed by atoms with van der Waals surface area (Å²) in [6, 6.07) is 6.81. The van der Waals surface area contributed by atoms with Crippen LogP contribution in [0.3, 0.4) is 0 Å². The van der Waals surface area contributed by atoms with Crippen molar-refractivity contribution in [1.82, 2.24) is 19.5 Å². The number of imidazole rings is 1. The first-order valence-electron chi connectivity index (χ1n) is 9.41. The van der Waals surface area contributed by atoms with E-state index >= 15 is 0 Å². The Bertz CT molecular complexity index is 1020. The average molecular weight is 408 g/mol. The Balaban J connectivity index is 1.84. The maximum atomic E-state index is 11.8. The summed E-state index contributed by atoms with van der Waals surface area (Å²) in [7, 11) is 0. The summed E-state index contributed by atoms with van der Waals surface area (Å²) in [5, 5.41) is 6.01. The number of amides is 2. The first-order chi connectivity index (χ1) is 14.3. The molecule has 156 valence electrons. The summed E-state index contributed by atoms with van der Waals surface area (Å²) in [5.41, 5.74) is 12.7. The van der Waals surface area contributed by atoms with Crippen LogP contribution in [0.4, 0.5) is 17.5 Å². The van der Waals surface area contributed by atoms with Crippen molar-refractivity contribution in [3.05, 3.63) is 54.7 Å². The van der Waals surface area contributed by atoms with E-state index < -0.39 is 17.9 Å². The van der Waals surface area contributed by atoms with Crippen LogP contribution in [0.5, 0.6) is 0 Å². The molecule has 0 bridgehead atoms. The fourth-order valence-corrected chi connectivity index (χ4v) is 2.87. The number of hydrogen-bond donors (Lipinski definition) is 4. The van der Waals surface area contributed by atoms with Crippen LogP contribution in [-0.2, 0) is 4.79 Å². The van der Waals surface area contributed by atoms with Gasteiger partial charge in [-0.3, -0.25) is 9.59 Å². The molecule has 0 radical (unpaired) electrons. The molecule has 1 atom stereocenters. The molecule has 30 heavy (non-hydrogen) atoms. The number of aromatic nitrogens is 4. The molecule has 0 aliphatic rings. The van der Waals surface area contributed by atoms with Crippen molar-refractivity contribution in [1.29, 1.82) is 0 Å². The highest BCUT2D eigenvalue weighted by atomic mass is 16.1. The Labute approximate surface area is 173 Å². The number of hydrogen-bond acceptors (Lipinski definition) is 7. The molecule has 10 nitrogen and oxygen atoms in total. The van der Waals surface area contributed by atoms with E-state index in [0.717, 1.165) is 5.69 Å². The highest BCUT2D eigenvalue weighted by Gasteiger charge is 2.19. The third-order valence-corrected chi connectivity index (χ3v) is 4.34. The number of primary amides is 2. The number of carbonyl (C=O) groups is 2. The number of anilines is 3. The largest absolute Gasteiger partial charge is 0.368 e. The van der Waals surface area contributed by atoms with Gasteiger partial charge in [-0.1, -0.05) is 13.8 Å². The topological polar surface area (TPSA) is 154 Å². The van der Waals surface area contributed by atoms with E-state index in [2.05, 4.69) is 25.6 Å². The molecule has 0 aliphatic heterocycles. The third-order valence-electron chi connectivity index (χ3n) is 4.34. The molecule has 0 aliphatic carbocycles. The number of nitrogens with two attached hydrogens (primary N) is 2. The van der Waals surface area contributed by atoms with Crippen molar-refractivity contribution in [3.63, 3.8) is 0 Å². The summed E-state index contributed by atoms with van der Waals surface area (Å²) in [4.78, 5) is 36.0. The maximum absolute atomic E-state index is 11.8. The molecular weight excluding hydrogens is 384 g/mol. The molecule has 3 rings (SSSR count). The Hall–Kier alpha value is -3.95. The van der Waals surface area contributed by atoms with Gasteiger partial charge in [0.1, 0.15) is 17.4 Å². The van der Waals surface area contributed by atoms with Gasteiger partial charge < -0.3 is 26.7 Å². The Morgan fingerprint density at radius 3 is 2.47 bits per heavy atom. The normalized spacial score (nSPS) is 11.8. The second-order valence-electron chi connectivity index (χ2n) is 7.19. The standard InChI is InChI=1S/C20H24N8O2/c1-12(2)9-16(18(22)30)26-20-24-10-15(17(21)29)19(27-20)25-13-3-5-14(6-4-13)28-8-7-23-11-28/h3-8,10-12,16H,9H2,1-2H3,(H2,21,29)(H2,22,30)(H2,24,25,26,27)/t16-/m1/s1. The lowest BCUT2D eigenvalue weighted by atomic mass is 10.0. The van der Waals surface area contributed by atoms with E-state index in [9.17, 15) is 9.59 Å². The van der Waals surface area contributed by atoms with Crippen molar-refractivity contribution in [2.24, 2.45) is 17.4 Å². The third kappa shape index (κ3) is 5.10. The summed E-state index contributed by atoms with van der Waals surface area (Å²) < 4.78 is 1.87. The van der Waals surface area contributed by atoms with Gasteiger partial charge in [0.05, 0.1) is 6.33 Å². The van der Waals surface area contributed by atoms with Gasteiger partial charge in [0.25, 0.3) is 5.91 Å². The summed E-state index contributed by atoms with van der Waals surface area (Å²) >= 11 is 0. The molecule has 2 amide bonds. The molecule has 0 unspecified atom stereocenters. The predicted octanol–water partition coefficient (Wildman–Crippen LogP) is 1.82. The van der Waals surface area contributed by atoms with Gasteiger partial charge in [0.2, 0.25) is 11.9 Å². The average Bonchev–Trinajstić information content (AvgIpc) is 3.22. The molecule has 2 heterocycles. The van der Waals surface area contributed by atoms with Gasteiger partial charge in [-0.25, -0.2) is 9.97 Å². The van der Waals surface area contributed by atoms with Crippen LogP contribution in [0.15, 0.2) is 49.2 Å². The lowest BCUT2D eigenvalue weighted by Gasteiger charge is -2.18. The molecule has 6 N–H and O–H groups in total. The van der Waals surface area contributed by atoms with Crippen molar-refractivity contribution in [2.75, 3.05) is 10.6 Å². The maximum Gasteiger partial charge on any atom is 0.254 e. The van der Waals surface area contributed by atoms with Gasteiger partial charge >= 0.3 is 0 Å². The number of benzene rings is 1. The first kappa shape index (κ1) is 20.8. The molecule has 2 aromatic heterocycles. The van der Waals surface area contributed by atoms with Crippen LogP contribution >= 0.6 is 0 Å². The van der Waals surface area contributed by atoms with Crippen LogP contribution in [0, 0.1) is 5.92 Å². The molecule has 0 saturated carbocycles. The van der Waals surface area contributed by atoms with E-state index in [1.165, 1.54) is 6.20 Å². The number of nitrogens with zero attached hydrogens (tertiary/aromatic N) is 4. The minimum atomic E-state index is -0.673. The quantitative estimate of drug-likeness (QED) is 0.421. The minimum Gasteiger partial charge on any atom is -0.368 e. The van der Waals surface area contributed by atoms with Gasteiger partial charge in [0.15, 0.2) is 0 Å². The van der Waals surface area contributed by atoms with Crippen molar-refractivity contribution in [3.8, 4) is 5.69 Å². The lowest BCUT2D eigenvalue weighted by molar-refractivity contribution is -0.119. The summed E-state index contributed by atoms with van der Waals surface area (Å²) in [6.45, 7) is 3.96. The van der Waals surface area contributed by atoms with Gasteiger partial charge in [0, 0.05) is 30.0 Å². The molecule has 10 heteroatoms. The zero-order valence-corrected chi connectivity index (χ0v) is 16.7. The highest BCUT2D eigenvalue weighted by molar-refractivity contribution is 5.98. The summed E-state index contributed by atoms with van der Waals surface area (Å²) in [5.74, 6) is -0.541. The van der Waals surface area contributed by atoms with E-state index in [0.29, 0.717) is 12.1 Å². The van der Waals surface area contributed by atoms with Gasteiger partial charge in [-0.15, -0.1) is 0 Å². The fraction of sp³-hybridized carbons (Fsp3) is 0.250. The molecule has 3 aromatic rings. The minimum absolute atomic E-state index is 0.124. The lowest BCUT2D eigenvalue weighted by Crippen LogP contribution is -2.37. The Morgan fingerprint density at radius 2 is 1.90 bits per heavy atom. The second-order valence-corrected chi connectivity index (χ2v) is 7.19. The van der Waals surface area contributed by atoms with E-state index in [1.54, 1.807) is 12.5 Å². The molecule has 1 aromatic carbocycles.